The molecule has 0 bridgehead atoms. The van der Waals surface area contributed by atoms with E-state index < -0.39 is 26.2 Å². The van der Waals surface area contributed by atoms with Crippen LogP contribution in [0.25, 0.3) is 0 Å². The highest BCUT2D eigenvalue weighted by molar-refractivity contribution is 7.92. The fourth-order valence-corrected chi connectivity index (χ4v) is 2.80. The summed E-state index contributed by atoms with van der Waals surface area (Å²) in [5.74, 6) is 0. The van der Waals surface area contributed by atoms with Crippen LogP contribution in [0.2, 0.25) is 10.0 Å². The van der Waals surface area contributed by atoms with Crippen molar-refractivity contribution in [1.82, 2.24) is 0 Å². The molecule has 0 atom stereocenters. The highest BCUT2D eigenvalue weighted by Gasteiger charge is 2.67. The first kappa shape index (κ1) is 15.5. The fraction of sp³-hybridized carbons (Fsp3) is 0.250. The van der Waals surface area contributed by atoms with E-state index in [0.29, 0.717) is 12.1 Å². The lowest BCUT2D eigenvalue weighted by molar-refractivity contribution is -0.241. The molecule has 2 nitrogen and oxygen atoms in total. The van der Waals surface area contributed by atoms with Crippen molar-refractivity contribution < 1.29 is 30.4 Å². The number of hydrogen-bond acceptors (Lipinski definition) is 2. The molecule has 0 spiro atoms. The molecule has 0 saturated heterocycles. The summed E-state index contributed by atoms with van der Waals surface area (Å²) in [7, 11) is -5.97. The molecule has 1 rings (SSSR count). The third-order valence-corrected chi connectivity index (χ3v) is 4.01. The molecule has 10 heteroatoms. The van der Waals surface area contributed by atoms with Crippen LogP contribution in [0.1, 0.15) is 0 Å². The molecule has 1 aromatic rings. The molecule has 0 radical (unpaired) electrons. The predicted octanol–water partition coefficient (Wildman–Crippen LogP) is 3.92. The van der Waals surface area contributed by atoms with Crippen LogP contribution in [-0.2, 0) is 9.84 Å². The third kappa shape index (κ3) is 2.55. The number of sulfone groups is 1. The van der Waals surface area contributed by atoms with Crippen molar-refractivity contribution in [2.45, 2.75) is 16.3 Å². The van der Waals surface area contributed by atoms with E-state index in [-0.39, 0.29) is 10.0 Å². The van der Waals surface area contributed by atoms with Gasteiger partial charge in [0, 0.05) is 10.0 Å². The maximum atomic E-state index is 12.9. The van der Waals surface area contributed by atoms with Crippen LogP contribution in [0.15, 0.2) is 23.1 Å². The molecule has 0 saturated carbocycles. The van der Waals surface area contributed by atoms with Crippen LogP contribution in [0.4, 0.5) is 22.0 Å². The molecule has 0 unspecified atom stereocenters. The Labute approximate surface area is 108 Å². The molecule has 0 N–H and O–H groups in total. The van der Waals surface area contributed by atoms with Crippen molar-refractivity contribution in [1.29, 1.82) is 0 Å². The van der Waals surface area contributed by atoms with Crippen LogP contribution < -0.4 is 0 Å². The molecular weight excluding hydrogens is 326 g/mol. The zero-order chi connectivity index (χ0) is 14.4. The van der Waals surface area contributed by atoms with Gasteiger partial charge in [-0.15, -0.1) is 0 Å². The van der Waals surface area contributed by atoms with Crippen molar-refractivity contribution >= 4 is 33.0 Å². The van der Waals surface area contributed by atoms with Gasteiger partial charge in [-0.3, -0.25) is 0 Å². The number of benzene rings is 1. The van der Waals surface area contributed by atoms with Crippen LogP contribution in [0.3, 0.4) is 0 Å². The lowest BCUT2D eigenvalue weighted by Crippen LogP contribution is -2.43. The van der Waals surface area contributed by atoms with Gasteiger partial charge in [0.15, 0.2) is 0 Å². The zero-order valence-corrected chi connectivity index (χ0v) is 10.4. The van der Waals surface area contributed by atoms with Crippen molar-refractivity contribution in [3.8, 4) is 0 Å². The highest BCUT2D eigenvalue weighted by atomic mass is 35.5. The first-order chi connectivity index (χ1) is 7.89. The van der Waals surface area contributed by atoms with E-state index in [0.717, 1.165) is 6.07 Å². The van der Waals surface area contributed by atoms with Gasteiger partial charge >= 0.3 is 11.4 Å². The second-order valence-corrected chi connectivity index (χ2v) is 5.99. The smallest absolute Gasteiger partial charge is 0.217 e. The van der Waals surface area contributed by atoms with Crippen molar-refractivity contribution in [3.63, 3.8) is 0 Å². The van der Waals surface area contributed by atoms with Gasteiger partial charge in [0.25, 0.3) is 9.84 Å². The van der Waals surface area contributed by atoms with Crippen LogP contribution >= 0.6 is 23.2 Å². The molecule has 0 fully saturated rings. The number of rotatable bonds is 2. The summed E-state index contributed by atoms with van der Waals surface area (Å²) in [6, 6.07) is 1.92. The topological polar surface area (TPSA) is 34.1 Å². The van der Waals surface area contributed by atoms with Gasteiger partial charge in [-0.05, 0) is 18.2 Å². The van der Waals surface area contributed by atoms with Crippen LogP contribution in [0.5, 0.6) is 0 Å². The van der Waals surface area contributed by atoms with Crippen molar-refractivity contribution in [2.24, 2.45) is 0 Å². The zero-order valence-electron chi connectivity index (χ0n) is 8.10. The minimum Gasteiger partial charge on any atom is -0.217 e. The maximum Gasteiger partial charge on any atom is 0.469 e. The predicted molar refractivity (Wildman–Crippen MR) is 54.6 cm³/mol. The van der Waals surface area contributed by atoms with Gasteiger partial charge in [-0.1, -0.05) is 23.2 Å². The third-order valence-electron chi connectivity index (χ3n) is 1.81. The van der Waals surface area contributed by atoms with E-state index >= 15 is 0 Å². The standard InChI is InChI=1S/C8H3Cl2F5O2S/c9-4-1-5(10)3-6(2-4)18(16,17)8(14,15)7(11,12)13/h1-3H. The Hall–Kier alpha value is -0.600. The molecule has 0 aliphatic rings. The summed E-state index contributed by atoms with van der Waals surface area (Å²) >= 11 is 10.7. The summed E-state index contributed by atoms with van der Waals surface area (Å²) in [6.45, 7) is 0. The van der Waals surface area contributed by atoms with E-state index in [9.17, 15) is 30.4 Å². The molecule has 0 amide bonds. The van der Waals surface area contributed by atoms with Gasteiger partial charge in [-0.25, -0.2) is 8.42 Å². The summed E-state index contributed by atoms with van der Waals surface area (Å²) in [5, 5.41) is -6.67. The van der Waals surface area contributed by atoms with Gasteiger partial charge in [0.05, 0.1) is 4.90 Å². The molecule has 18 heavy (non-hydrogen) atoms. The van der Waals surface area contributed by atoms with Gasteiger partial charge in [0.1, 0.15) is 0 Å². The fourth-order valence-electron chi connectivity index (χ4n) is 0.984. The van der Waals surface area contributed by atoms with E-state index in [1.807, 2.05) is 0 Å². The Balaban J connectivity index is 3.48. The Morgan fingerprint density at radius 3 is 1.61 bits per heavy atom. The van der Waals surface area contributed by atoms with Crippen LogP contribution in [-0.4, -0.2) is 19.8 Å². The minimum atomic E-state index is -6.24. The van der Waals surface area contributed by atoms with Gasteiger partial charge in [0.2, 0.25) is 0 Å². The molecule has 0 aliphatic heterocycles. The SMILES string of the molecule is O=S(=O)(c1cc(Cl)cc(Cl)c1)C(F)(F)C(F)(F)F. The largest absolute Gasteiger partial charge is 0.469 e. The summed E-state index contributed by atoms with van der Waals surface area (Å²) in [4.78, 5) is -1.30. The average Bonchev–Trinajstić information content (AvgIpc) is 2.13. The molecule has 102 valence electrons. The van der Waals surface area contributed by atoms with Crippen molar-refractivity contribution in [2.75, 3.05) is 0 Å². The minimum absolute atomic E-state index is 0.376. The highest BCUT2D eigenvalue weighted by Crippen LogP contribution is 2.43. The Kier molecular flexibility index (Phi) is 3.86. The maximum absolute atomic E-state index is 12.9. The second-order valence-electron chi connectivity index (χ2n) is 3.12. The van der Waals surface area contributed by atoms with Gasteiger partial charge < -0.3 is 0 Å². The summed E-state index contributed by atoms with van der Waals surface area (Å²) in [6.07, 6.45) is -6.24. The Morgan fingerprint density at radius 1 is 0.889 bits per heavy atom. The first-order valence-electron chi connectivity index (χ1n) is 4.05. The van der Waals surface area contributed by atoms with E-state index in [1.54, 1.807) is 0 Å². The van der Waals surface area contributed by atoms with Gasteiger partial charge in [-0.2, -0.15) is 22.0 Å². The average molecular weight is 329 g/mol. The Bertz CT molecular complexity index is 547. The molecule has 1 aromatic carbocycles. The quantitative estimate of drug-likeness (QED) is 0.771. The Morgan fingerprint density at radius 2 is 1.28 bits per heavy atom. The number of halogens is 7. The summed E-state index contributed by atoms with van der Waals surface area (Å²) < 4.78 is 84.2. The molecule has 0 heterocycles. The lowest BCUT2D eigenvalue weighted by atomic mass is 10.4. The van der Waals surface area contributed by atoms with E-state index in [2.05, 4.69) is 0 Å². The normalized spacial score (nSPS) is 13.7. The van der Waals surface area contributed by atoms with E-state index in [4.69, 9.17) is 23.2 Å². The van der Waals surface area contributed by atoms with E-state index in [1.165, 1.54) is 0 Å². The number of alkyl halides is 5. The lowest BCUT2D eigenvalue weighted by Gasteiger charge is -2.19. The second kappa shape index (κ2) is 4.50. The molecule has 0 aromatic heterocycles. The summed E-state index contributed by atoms with van der Waals surface area (Å²) in [5.41, 5.74) is 0. The van der Waals surface area contributed by atoms with Crippen LogP contribution in [0, 0.1) is 0 Å². The molecule has 0 aliphatic carbocycles. The first-order valence-corrected chi connectivity index (χ1v) is 6.29. The monoisotopic (exact) mass is 328 g/mol. The number of hydrogen-bond donors (Lipinski definition) is 0. The van der Waals surface area contributed by atoms with Crippen molar-refractivity contribution in [3.05, 3.63) is 28.2 Å². The molecular formula is C8H3Cl2F5O2S.